The number of hydrogen-bond acceptors (Lipinski definition) is 1. The van der Waals surface area contributed by atoms with Gasteiger partial charge in [-0.2, -0.15) is 0 Å². The van der Waals surface area contributed by atoms with E-state index in [0.29, 0.717) is 0 Å². The fourth-order valence-electron chi connectivity index (χ4n) is 1.18. The zero-order chi connectivity index (χ0) is 11.8. The zero-order valence-corrected chi connectivity index (χ0v) is 9.43. The lowest BCUT2D eigenvalue weighted by Crippen LogP contribution is -1.72. The Bertz CT molecular complexity index is 419. The average molecular weight is 212 g/mol. The zero-order valence-electron chi connectivity index (χ0n) is 9.43. The third kappa shape index (κ3) is 4.01. The van der Waals surface area contributed by atoms with Crippen LogP contribution in [0, 0.1) is 0 Å². The maximum Gasteiger partial charge on any atom is 0.115 e. The SMILES string of the molecule is C=CC(/C=C/c1ccc(O)cc1)=C\C=C/C. The van der Waals surface area contributed by atoms with E-state index in [0.717, 1.165) is 11.1 Å². The van der Waals surface area contributed by atoms with Crippen LogP contribution in [0.3, 0.4) is 0 Å². The Balaban J connectivity index is 2.78. The average Bonchev–Trinajstić information content (AvgIpc) is 2.32. The molecule has 1 heteroatoms. The summed E-state index contributed by atoms with van der Waals surface area (Å²) in [7, 11) is 0. The van der Waals surface area contributed by atoms with Crippen LogP contribution in [-0.4, -0.2) is 5.11 Å². The number of aromatic hydroxyl groups is 1. The van der Waals surface area contributed by atoms with Crippen LogP contribution < -0.4 is 0 Å². The molecule has 0 amide bonds. The van der Waals surface area contributed by atoms with Gasteiger partial charge in [-0.25, -0.2) is 0 Å². The predicted octanol–water partition coefficient (Wildman–Crippen LogP) is 4.09. The summed E-state index contributed by atoms with van der Waals surface area (Å²) in [5, 5.41) is 9.14. The molecule has 0 spiro atoms. The Hall–Kier alpha value is -2.02. The number of hydrogen-bond donors (Lipinski definition) is 1. The minimum Gasteiger partial charge on any atom is -0.508 e. The Morgan fingerprint density at radius 3 is 2.50 bits per heavy atom. The Morgan fingerprint density at radius 2 is 1.94 bits per heavy atom. The van der Waals surface area contributed by atoms with Crippen LogP contribution >= 0.6 is 0 Å². The molecule has 82 valence electrons. The van der Waals surface area contributed by atoms with Gasteiger partial charge in [0.05, 0.1) is 0 Å². The summed E-state index contributed by atoms with van der Waals surface area (Å²) in [4.78, 5) is 0. The molecular formula is C15H16O. The molecule has 0 radical (unpaired) electrons. The normalized spacial score (nSPS) is 12.4. The monoisotopic (exact) mass is 212 g/mol. The highest BCUT2D eigenvalue weighted by Gasteiger charge is 1.88. The standard InChI is InChI=1S/C15H16O/c1-3-5-6-13(4-2)7-8-14-9-11-15(16)12-10-14/h3-12,16H,2H2,1H3/b5-3-,8-7+,13-6+. The fourth-order valence-corrected chi connectivity index (χ4v) is 1.18. The van der Waals surface area contributed by atoms with Gasteiger partial charge in [0.2, 0.25) is 0 Å². The summed E-state index contributed by atoms with van der Waals surface area (Å²) in [5.41, 5.74) is 2.09. The van der Waals surface area contributed by atoms with Crippen LogP contribution in [0.1, 0.15) is 12.5 Å². The molecular weight excluding hydrogens is 196 g/mol. The van der Waals surface area contributed by atoms with Gasteiger partial charge in [0.25, 0.3) is 0 Å². The molecule has 0 aromatic heterocycles. The third-order valence-corrected chi connectivity index (χ3v) is 2.08. The second-order valence-corrected chi connectivity index (χ2v) is 3.32. The first-order chi connectivity index (χ1) is 7.76. The maximum atomic E-state index is 9.14. The maximum absolute atomic E-state index is 9.14. The van der Waals surface area contributed by atoms with Crippen LogP contribution in [0.2, 0.25) is 0 Å². The van der Waals surface area contributed by atoms with Crippen LogP contribution in [0.25, 0.3) is 6.08 Å². The highest BCUT2D eigenvalue weighted by molar-refractivity contribution is 5.55. The van der Waals surface area contributed by atoms with Gasteiger partial charge in [0.1, 0.15) is 5.75 Å². The molecule has 0 heterocycles. The summed E-state index contributed by atoms with van der Waals surface area (Å²) in [6.45, 7) is 5.72. The Labute approximate surface area is 96.8 Å². The lowest BCUT2D eigenvalue weighted by atomic mass is 10.1. The van der Waals surface area contributed by atoms with Crippen molar-refractivity contribution in [2.75, 3.05) is 0 Å². The highest BCUT2D eigenvalue weighted by atomic mass is 16.3. The van der Waals surface area contributed by atoms with E-state index in [1.807, 2.05) is 49.4 Å². The summed E-state index contributed by atoms with van der Waals surface area (Å²) in [6, 6.07) is 7.07. The van der Waals surface area contributed by atoms with E-state index in [1.165, 1.54) is 0 Å². The highest BCUT2D eigenvalue weighted by Crippen LogP contribution is 2.12. The van der Waals surface area contributed by atoms with Gasteiger partial charge >= 0.3 is 0 Å². The van der Waals surface area contributed by atoms with E-state index < -0.39 is 0 Å². The first-order valence-corrected chi connectivity index (χ1v) is 5.19. The van der Waals surface area contributed by atoms with Crippen LogP contribution in [0.4, 0.5) is 0 Å². The van der Waals surface area contributed by atoms with E-state index in [2.05, 4.69) is 6.58 Å². The first kappa shape index (κ1) is 12.1. The van der Waals surface area contributed by atoms with E-state index in [4.69, 9.17) is 5.11 Å². The topological polar surface area (TPSA) is 20.2 Å². The molecule has 1 aromatic rings. The molecule has 0 aliphatic carbocycles. The molecule has 0 unspecified atom stereocenters. The Morgan fingerprint density at radius 1 is 1.25 bits per heavy atom. The number of rotatable bonds is 4. The van der Waals surface area contributed by atoms with Gasteiger partial charge in [-0.15, -0.1) is 0 Å². The van der Waals surface area contributed by atoms with Crippen molar-refractivity contribution in [3.8, 4) is 5.75 Å². The number of phenolic OH excluding ortho intramolecular Hbond substituents is 1. The molecule has 1 aromatic carbocycles. The summed E-state index contributed by atoms with van der Waals surface area (Å²) in [6.07, 6.45) is 11.7. The van der Waals surface area contributed by atoms with Gasteiger partial charge in [-0.05, 0) is 30.2 Å². The quantitative estimate of drug-likeness (QED) is 0.745. The van der Waals surface area contributed by atoms with E-state index in [-0.39, 0.29) is 5.75 Å². The van der Waals surface area contributed by atoms with Crippen LogP contribution in [-0.2, 0) is 0 Å². The minimum atomic E-state index is 0.283. The third-order valence-electron chi connectivity index (χ3n) is 2.08. The molecule has 1 nitrogen and oxygen atoms in total. The smallest absolute Gasteiger partial charge is 0.115 e. The van der Waals surface area contributed by atoms with Crippen molar-refractivity contribution in [3.63, 3.8) is 0 Å². The summed E-state index contributed by atoms with van der Waals surface area (Å²) >= 11 is 0. The van der Waals surface area contributed by atoms with Crippen molar-refractivity contribution < 1.29 is 5.11 Å². The second kappa shape index (κ2) is 6.46. The lowest BCUT2D eigenvalue weighted by Gasteiger charge is -1.95. The molecule has 1 rings (SSSR count). The van der Waals surface area contributed by atoms with E-state index in [9.17, 15) is 0 Å². The molecule has 0 atom stereocenters. The van der Waals surface area contributed by atoms with Crippen molar-refractivity contribution in [1.29, 1.82) is 0 Å². The van der Waals surface area contributed by atoms with E-state index in [1.54, 1.807) is 18.2 Å². The van der Waals surface area contributed by atoms with Gasteiger partial charge in [0.15, 0.2) is 0 Å². The number of allylic oxidation sites excluding steroid dienone is 6. The molecule has 0 saturated carbocycles. The minimum absolute atomic E-state index is 0.283. The van der Waals surface area contributed by atoms with Crippen LogP contribution in [0.15, 0.2) is 66.8 Å². The molecule has 0 fully saturated rings. The molecule has 1 N–H and O–H groups in total. The molecule has 0 saturated heterocycles. The second-order valence-electron chi connectivity index (χ2n) is 3.32. The van der Waals surface area contributed by atoms with Gasteiger partial charge < -0.3 is 5.11 Å². The summed E-state index contributed by atoms with van der Waals surface area (Å²) < 4.78 is 0. The molecule has 16 heavy (non-hydrogen) atoms. The Kier molecular flexibility index (Phi) is 4.87. The summed E-state index contributed by atoms with van der Waals surface area (Å²) in [5.74, 6) is 0.283. The van der Waals surface area contributed by atoms with Crippen molar-refractivity contribution in [2.24, 2.45) is 0 Å². The molecule has 0 bridgehead atoms. The lowest BCUT2D eigenvalue weighted by molar-refractivity contribution is 0.475. The van der Waals surface area contributed by atoms with Gasteiger partial charge in [0, 0.05) is 0 Å². The molecule has 0 aliphatic heterocycles. The van der Waals surface area contributed by atoms with Gasteiger partial charge in [-0.1, -0.05) is 55.2 Å². The number of phenols is 1. The van der Waals surface area contributed by atoms with Crippen molar-refractivity contribution in [3.05, 3.63) is 72.4 Å². The van der Waals surface area contributed by atoms with E-state index >= 15 is 0 Å². The predicted molar refractivity (Wildman–Crippen MR) is 70.2 cm³/mol. The van der Waals surface area contributed by atoms with Crippen LogP contribution in [0.5, 0.6) is 5.75 Å². The number of benzene rings is 1. The fraction of sp³-hybridized carbons (Fsp3) is 0.0667. The largest absolute Gasteiger partial charge is 0.508 e. The molecule has 0 aliphatic rings. The first-order valence-electron chi connectivity index (χ1n) is 5.19. The van der Waals surface area contributed by atoms with Crippen molar-refractivity contribution in [2.45, 2.75) is 6.92 Å². The van der Waals surface area contributed by atoms with Gasteiger partial charge in [-0.3, -0.25) is 0 Å². The van der Waals surface area contributed by atoms with Crippen molar-refractivity contribution >= 4 is 6.08 Å². The van der Waals surface area contributed by atoms with Crippen molar-refractivity contribution in [1.82, 2.24) is 0 Å².